The average Bonchev–Trinajstić information content (AvgIpc) is 2.70. The van der Waals surface area contributed by atoms with Crippen molar-refractivity contribution in [3.63, 3.8) is 0 Å². The molecule has 0 amide bonds. The van der Waals surface area contributed by atoms with Gasteiger partial charge in [0.15, 0.2) is 11.6 Å². The molecule has 1 saturated heterocycles. The van der Waals surface area contributed by atoms with Crippen LogP contribution in [0.3, 0.4) is 0 Å². The molecule has 0 N–H and O–H groups in total. The number of carbonyl (C=O) groups is 1. The van der Waals surface area contributed by atoms with Gasteiger partial charge in [-0.05, 0) is 36.2 Å². The van der Waals surface area contributed by atoms with E-state index in [0.29, 0.717) is 11.3 Å². The van der Waals surface area contributed by atoms with Crippen molar-refractivity contribution < 1.29 is 9.53 Å². The Morgan fingerprint density at radius 1 is 1.25 bits per heavy atom. The number of pyridine rings is 1. The van der Waals surface area contributed by atoms with Crippen LogP contribution in [0.4, 0.5) is 5.82 Å². The third-order valence-corrected chi connectivity index (χ3v) is 4.89. The van der Waals surface area contributed by atoms with E-state index in [1.54, 1.807) is 6.20 Å². The molecule has 0 bridgehead atoms. The molecule has 146 valence electrons. The summed E-state index contributed by atoms with van der Waals surface area (Å²) < 4.78 is 5.65. The molecule has 1 aliphatic rings. The van der Waals surface area contributed by atoms with Crippen LogP contribution in [0.25, 0.3) is 0 Å². The maximum atomic E-state index is 12.1. The van der Waals surface area contributed by atoms with Crippen molar-refractivity contribution in [1.29, 1.82) is 5.26 Å². The van der Waals surface area contributed by atoms with E-state index >= 15 is 0 Å². The molecule has 2 aromatic rings. The summed E-state index contributed by atoms with van der Waals surface area (Å²) in [5.41, 5.74) is 2.75. The number of ether oxygens (including phenoxy) is 1. The first-order chi connectivity index (χ1) is 13.5. The zero-order chi connectivity index (χ0) is 20.1. The summed E-state index contributed by atoms with van der Waals surface area (Å²) in [7, 11) is 0. The molecule has 0 radical (unpaired) electrons. The van der Waals surface area contributed by atoms with E-state index < -0.39 is 0 Å². The number of anilines is 1. The Kier molecular flexibility index (Phi) is 6.27. The van der Waals surface area contributed by atoms with Crippen LogP contribution in [0, 0.1) is 24.2 Å². The highest BCUT2D eigenvalue weighted by Crippen LogP contribution is 2.31. The Morgan fingerprint density at radius 2 is 2.00 bits per heavy atom. The molecule has 6 nitrogen and oxygen atoms in total. The number of aromatic nitrogens is 1. The molecule has 0 atom stereocenters. The lowest BCUT2D eigenvalue weighted by atomic mass is 10.1. The molecule has 1 aromatic heterocycles. The molecule has 1 fully saturated rings. The quantitative estimate of drug-likeness (QED) is 0.745. The van der Waals surface area contributed by atoms with Crippen LogP contribution in [0.1, 0.15) is 30.5 Å². The van der Waals surface area contributed by atoms with Crippen molar-refractivity contribution in [1.82, 2.24) is 9.88 Å². The Hall–Kier alpha value is -2.91. The molecule has 0 unspecified atom stereocenters. The van der Waals surface area contributed by atoms with Gasteiger partial charge in [0.25, 0.3) is 0 Å². The van der Waals surface area contributed by atoms with E-state index in [-0.39, 0.29) is 11.9 Å². The summed E-state index contributed by atoms with van der Waals surface area (Å²) in [5.74, 6) is 0.873. The van der Waals surface area contributed by atoms with Crippen LogP contribution >= 0.6 is 0 Å². The minimum Gasteiger partial charge on any atom is -0.422 e. The first-order valence-electron chi connectivity index (χ1n) is 9.61. The van der Waals surface area contributed by atoms with Gasteiger partial charge < -0.3 is 9.64 Å². The van der Waals surface area contributed by atoms with Gasteiger partial charge in [0.05, 0.1) is 17.6 Å². The molecule has 2 heterocycles. The van der Waals surface area contributed by atoms with E-state index in [2.05, 4.69) is 26.9 Å². The van der Waals surface area contributed by atoms with Crippen LogP contribution in [0.2, 0.25) is 0 Å². The standard InChI is InChI=1S/C22H26N4O2/c1-16(2)22(27)28-20-17(3)7-8-24-21(20)26-11-9-25(10-12-26)15-19-6-4-5-18(13-19)14-23/h4-8,13,16H,9-12,15H2,1-3H3. The van der Waals surface area contributed by atoms with Crippen molar-refractivity contribution >= 4 is 11.8 Å². The summed E-state index contributed by atoms with van der Waals surface area (Å²) in [6, 6.07) is 11.8. The molecule has 28 heavy (non-hydrogen) atoms. The smallest absolute Gasteiger partial charge is 0.313 e. The van der Waals surface area contributed by atoms with Gasteiger partial charge in [-0.2, -0.15) is 5.26 Å². The molecule has 0 aliphatic carbocycles. The molecular formula is C22H26N4O2. The van der Waals surface area contributed by atoms with Crippen LogP contribution < -0.4 is 9.64 Å². The fourth-order valence-corrected chi connectivity index (χ4v) is 3.22. The van der Waals surface area contributed by atoms with Gasteiger partial charge in [0, 0.05) is 38.9 Å². The minimum absolute atomic E-state index is 0.187. The Labute approximate surface area is 166 Å². The van der Waals surface area contributed by atoms with Crippen LogP contribution in [-0.4, -0.2) is 42.0 Å². The Bertz CT molecular complexity index is 880. The fraction of sp³-hybridized carbons (Fsp3) is 0.409. The van der Waals surface area contributed by atoms with Crippen molar-refractivity contribution in [2.24, 2.45) is 5.92 Å². The van der Waals surface area contributed by atoms with Crippen molar-refractivity contribution in [2.45, 2.75) is 27.3 Å². The predicted octanol–water partition coefficient (Wildman–Crippen LogP) is 3.15. The number of benzene rings is 1. The average molecular weight is 378 g/mol. The highest BCUT2D eigenvalue weighted by Gasteiger charge is 2.24. The first-order valence-corrected chi connectivity index (χ1v) is 9.61. The number of rotatable bonds is 5. The topological polar surface area (TPSA) is 69.5 Å². The first kappa shape index (κ1) is 19.8. The number of carbonyl (C=O) groups excluding carboxylic acids is 1. The lowest BCUT2D eigenvalue weighted by Gasteiger charge is -2.36. The Balaban J connectivity index is 1.67. The second-order valence-electron chi connectivity index (χ2n) is 7.43. The third kappa shape index (κ3) is 4.68. The summed E-state index contributed by atoms with van der Waals surface area (Å²) in [6.45, 7) is 9.78. The number of nitrogens with zero attached hydrogens (tertiary/aromatic N) is 4. The molecule has 1 aliphatic heterocycles. The molecule has 1 aromatic carbocycles. The lowest BCUT2D eigenvalue weighted by molar-refractivity contribution is -0.137. The largest absolute Gasteiger partial charge is 0.422 e. The third-order valence-electron chi connectivity index (χ3n) is 4.89. The van der Waals surface area contributed by atoms with E-state index in [4.69, 9.17) is 10.00 Å². The molecule has 0 spiro atoms. The zero-order valence-electron chi connectivity index (χ0n) is 16.7. The number of hydrogen-bond acceptors (Lipinski definition) is 6. The monoisotopic (exact) mass is 378 g/mol. The highest BCUT2D eigenvalue weighted by molar-refractivity contribution is 5.76. The predicted molar refractivity (Wildman–Crippen MR) is 108 cm³/mol. The maximum Gasteiger partial charge on any atom is 0.313 e. The summed E-state index contributed by atoms with van der Waals surface area (Å²) in [5, 5.41) is 9.06. The van der Waals surface area contributed by atoms with Crippen molar-refractivity contribution in [2.75, 3.05) is 31.1 Å². The normalized spacial score (nSPS) is 14.8. The number of aryl methyl sites for hydroxylation is 1. The highest BCUT2D eigenvalue weighted by atomic mass is 16.5. The van der Waals surface area contributed by atoms with Gasteiger partial charge in [0.2, 0.25) is 0 Å². The van der Waals surface area contributed by atoms with Crippen LogP contribution in [0.15, 0.2) is 36.5 Å². The van der Waals surface area contributed by atoms with E-state index in [9.17, 15) is 4.79 Å². The lowest BCUT2D eigenvalue weighted by Crippen LogP contribution is -2.46. The summed E-state index contributed by atoms with van der Waals surface area (Å²) in [6.07, 6.45) is 1.76. The van der Waals surface area contributed by atoms with Gasteiger partial charge >= 0.3 is 5.97 Å². The minimum atomic E-state index is -0.242. The Morgan fingerprint density at radius 3 is 2.68 bits per heavy atom. The SMILES string of the molecule is Cc1ccnc(N2CCN(Cc3cccc(C#N)c3)CC2)c1OC(=O)C(C)C. The van der Waals surface area contributed by atoms with Gasteiger partial charge in [-0.3, -0.25) is 9.69 Å². The molecular weight excluding hydrogens is 352 g/mol. The van der Waals surface area contributed by atoms with Gasteiger partial charge in [-0.1, -0.05) is 26.0 Å². The number of hydrogen-bond donors (Lipinski definition) is 0. The summed E-state index contributed by atoms with van der Waals surface area (Å²) >= 11 is 0. The zero-order valence-corrected chi connectivity index (χ0v) is 16.7. The maximum absolute atomic E-state index is 12.1. The second kappa shape index (κ2) is 8.85. The molecule has 0 saturated carbocycles. The van der Waals surface area contributed by atoms with E-state index in [1.807, 2.05) is 45.0 Å². The van der Waals surface area contributed by atoms with Gasteiger partial charge in [-0.25, -0.2) is 4.98 Å². The van der Waals surface area contributed by atoms with Crippen molar-refractivity contribution in [3.05, 3.63) is 53.2 Å². The van der Waals surface area contributed by atoms with E-state index in [1.165, 1.54) is 0 Å². The number of esters is 1. The number of piperazine rings is 1. The molecule has 6 heteroatoms. The fourth-order valence-electron chi connectivity index (χ4n) is 3.22. The van der Waals surface area contributed by atoms with Gasteiger partial charge in [0.1, 0.15) is 0 Å². The second-order valence-corrected chi connectivity index (χ2v) is 7.43. The van der Waals surface area contributed by atoms with E-state index in [0.717, 1.165) is 49.7 Å². The van der Waals surface area contributed by atoms with Crippen molar-refractivity contribution in [3.8, 4) is 11.8 Å². The van der Waals surface area contributed by atoms with Crippen LogP contribution in [-0.2, 0) is 11.3 Å². The van der Waals surface area contributed by atoms with Crippen LogP contribution in [0.5, 0.6) is 5.75 Å². The molecule has 3 rings (SSSR count). The van der Waals surface area contributed by atoms with Gasteiger partial charge in [-0.15, -0.1) is 0 Å². The summed E-state index contributed by atoms with van der Waals surface area (Å²) in [4.78, 5) is 21.2. The number of nitriles is 1.